The van der Waals surface area contributed by atoms with Crippen LogP contribution in [-0.4, -0.2) is 29.2 Å². The smallest absolute Gasteiger partial charge is 0.224 e. The lowest BCUT2D eigenvalue weighted by Gasteiger charge is -2.34. The van der Waals surface area contributed by atoms with Gasteiger partial charge in [-0.1, -0.05) is 12.8 Å². The summed E-state index contributed by atoms with van der Waals surface area (Å²) < 4.78 is 5.54. The number of fused-ring (bicyclic) bond motifs is 1. The zero-order valence-electron chi connectivity index (χ0n) is 9.03. The Kier molecular flexibility index (Phi) is 2.59. The van der Waals surface area contributed by atoms with Gasteiger partial charge in [-0.3, -0.25) is 0 Å². The number of rotatable bonds is 1. The summed E-state index contributed by atoms with van der Waals surface area (Å²) >= 11 is 5.84. The van der Waals surface area contributed by atoms with Crippen molar-refractivity contribution in [3.05, 3.63) is 11.5 Å². The molecule has 1 aromatic rings. The predicted molar refractivity (Wildman–Crippen MR) is 62.1 cm³/mol. The molecule has 2 aliphatic rings. The van der Waals surface area contributed by atoms with E-state index in [0.29, 0.717) is 17.9 Å². The van der Waals surface area contributed by atoms with E-state index in [1.165, 1.54) is 25.7 Å². The number of halogens is 1. The first-order valence-electron chi connectivity index (χ1n) is 5.76. The fraction of sp³-hybridized carbons (Fsp3) is 0.636. The van der Waals surface area contributed by atoms with Crippen LogP contribution in [0.2, 0.25) is 5.28 Å². The Labute approximate surface area is 99.6 Å². The molecule has 0 amide bonds. The molecule has 4 nitrogen and oxygen atoms in total. The average molecular weight is 240 g/mol. The van der Waals surface area contributed by atoms with E-state index in [0.717, 1.165) is 18.1 Å². The Morgan fingerprint density at radius 1 is 1.38 bits per heavy atom. The summed E-state index contributed by atoms with van der Waals surface area (Å²) in [6.45, 7) is 1.62. The van der Waals surface area contributed by atoms with Gasteiger partial charge < -0.3 is 9.64 Å². The number of hydrogen-bond acceptors (Lipinski definition) is 4. The highest BCUT2D eigenvalue weighted by molar-refractivity contribution is 6.28. The summed E-state index contributed by atoms with van der Waals surface area (Å²) in [6, 6.07) is 0.605. The molecule has 5 heteroatoms. The third kappa shape index (κ3) is 1.71. The van der Waals surface area contributed by atoms with Crippen LogP contribution in [0, 0.1) is 0 Å². The summed E-state index contributed by atoms with van der Waals surface area (Å²) in [5, 5.41) is 0.298. The van der Waals surface area contributed by atoms with Crippen LogP contribution in [0.15, 0.2) is 6.20 Å². The van der Waals surface area contributed by atoms with Gasteiger partial charge in [-0.25, -0.2) is 4.98 Å². The van der Waals surface area contributed by atoms with E-state index >= 15 is 0 Å². The Balaban J connectivity index is 1.94. The molecule has 0 saturated heterocycles. The molecule has 1 saturated carbocycles. The lowest BCUT2D eigenvalue weighted by Crippen LogP contribution is -2.40. The lowest BCUT2D eigenvalue weighted by atomic mass is 10.2. The Morgan fingerprint density at radius 3 is 3.00 bits per heavy atom. The summed E-state index contributed by atoms with van der Waals surface area (Å²) in [4.78, 5) is 10.6. The zero-order valence-corrected chi connectivity index (χ0v) is 9.78. The van der Waals surface area contributed by atoms with Gasteiger partial charge in [0.1, 0.15) is 6.61 Å². The van der Waals surface area contributed by atoms with Gasteiger partial charge in [0, 0.05) is 6.04 Å². The van der Waals surface area contributed by atoms with Gasteiger partial charge in [0.2, 0.25) is 5.28 Å². The van der Waals surface area contributed by atoms with Gasteiger partial charge >= 0.3 is 0 Å². The number of ether oxygens (including phenoxy) is 1. The standard InChI is InChI=1S/C11H14ClN3O/c12-11-13-7-9-10(14-11)15(5-6-16-9)8-3-1-2-4-8/h7-8H,1-6H2. The minimum absolute atomic E-state index is 0.298. The molecule has 1 fully saturated rings. The monoisotopic (exact) mass is 239 g/mol. The SMILES string of the molecule is Clc1ncc2c(n1)N(C1CCCC1)CCO2. The zero-order chi connectivity index (χ0) is 11.0. The van der Waals surface area contributed by atoms with Gasteiger partial charge in [0.05, 0.1) is 12.7 Å². The summed E-state index contributed by atoms with van der Waals surface area (Å²) in [5.74, 6) is 1.64. The highest BCUT2D eigenvalue weighted by Gasteiger charge is 2.29. The predicted octanol–water partition coefficient (Wildman–Crippen LogP) is 2.27. The first kappa shape index (κ1) is 10.1. The van der Waals surface area contributed by atoms with Crippen LogP contribution in [0.3, 0.4) is 0 Å². The van der Waals surface area contributed by atoms with E-state index in [1.54, 1.807) is 6.20 Å². The Morgan fingerprint density at radius 2 is 2.19 bits per heavy atom. The van der Waals surface area contributed by atoms with Gasteiger partial charge in [-0.15, -0.1) is 0 Å². The Bertz CT molecular complexity index is 393. The maximum atomic E-state index is 5.84. The summed E-state index contributed by atoms with van der Waals surface area (Å²) in [5.41, 5.74) is 0. The van der Waals surface area contributed by atoms with E-state index < -0.39 is 0 Å². The molecule has 0 aromatic carbocycles. The van der Waals surface area contributed by atoms with Crippen molar-refractivity contribution in [1.82, 2.24) is 9.97 Å². The van der Waals surface area contributed by atoms with E-state index in [1.807, 2.05) is 0 Å². The molecule has 0 N–H and O–H groups in total. The largest absolute Gasteiger partial charge is 0.486 e. The van der Waals surface area contributed by atoms with Crippen LogP contribution in [-0.2, 0) is 0 Å². The first-order chi connectivity index (χ1) is 7.84. The normalized spacial score (nSPS) is 20.7. The highest BCUT2D eigenvalue weighted by Crippen LogP contribution is 2.35. The molecule has 0 spiro atoms. The van der Waals surface area contributed by atoms with Gasteiger partial charge in [0.25, 0.3) is 0 Å². The third-order valence-corrected chi connectivity index (χ3v) is 3.52. The molecule has 0 radical (unpaired) electrons. The molecule has 0 atom stereocenters. The molecule has 16 heavy (non-hydrogen) atoms. The van der Waals surface area contributed by atoms with Gasteiger partial charge in [0.15, 0.2) is 11.6 Å². The van der Waals surface area contributed by atoms with Crippen molar-refractivity contribution < 1.29 is 4.74 Å². The van der Waals surface area contributed by atoms with Crippen molar-refractivity contribution in [2.24, 2.45) is 0 Å². The fourth-order valence-electron chi connectivity index (χ4n) is 2.58. The van der Waals surface area contributed by atoms with E-state index in [-0.39, 0.29) is 0 Å². The minimum atomic E-state index is 0.298. The van der Waals surface area contributed by atoms with Crippen LogP contribution in [0.1, 0.15) is 25.7 Å². The number of anilines is 1. The molecule has 1 aromatic heterocycles. The molecule has 1 aliphatic heterocycles. The molecule has 86 valence electrons. The van der Waals surface area contributed by atoms with E-state index in [4.69, 9.17) is 16.3 Å². The van der Waals surface area contributed by atoms with Crippen molar-refractivity contribution in [3.8, 4) is 5.75 Å². The second-order valence-corrected chi connectivity index (χ2v) is 4.65. The molecular weight excluding hydrogens is 226 g/mol. The van der Waals surface area contributed by atoms with Crippen molar-refractivity contribution >= 4 is 17.4 Å². The van der Waals surface area contributed by atoms with Crippen molar-refractivity contribution in [2.45, 2.75) is 31.7 Å². The average Bonchev–Trinajstić information content (AvgIpc) is 2.81. The van der Waals surface area contributed by atoms with E-state index in [9.17, 15) is 0 Å². The quantitative estimate of drug-likeness (QED) is 0.705. The van der Waals surface area contributed by atoms with Crippen LogP contribution < -0.4 is 9.64 Å². The molecule has 2 heterocycles. The van der Waals surface area contributed by atoms with Crippen molar-refractivity contribution in [3.63, 3.8) is 0 Å². The molecule has 0 unspecified atom stereocenters. The summed E-state index contributed by atoms with van der Waals surface area (Å²) in [6.07, 6.45) is 6.81. The lowest BCUT2D eigenvalue weighted by molar-refractivity contribution is 0.295. The van der Waals surface area contributed by atoms with Crippen LogP contribution in [0.5, 0.6) is 5.75 Å². The van der Waals surface area contributed by atoms with Gasteiger partial charge in [-0.2, -0.15) is 4.98 Å². The summed E-state index contributed by atoms with van der Waals surface area (Å²) in [7, 11) is 0. The number of hydrogen-bond donors (Lipinski definition) is 0. The minimum Gasteiger partial charge on any atom is -0.486 e. The maximum absolute atomic E-state index is 5.84. The van der Waals surface area contributed by atoms with E-state index in [2.05, 4.69) is 14.9 Å². The molecule has 3 rings (SSSR count). The molecule has 0 bridgehead atoms. The fourth-order valence-corrected chi connectivity index (χ4v) is 2.71. The van der Waals surface area contributed by atoms with Crippen LogP contribution in [0.4, 0.5) is 5.82 Å². The first-order valence-corrected chi connectivity index (χ1v) is 6.14. The Hall–Kier alpha value is -1.03. The maximum Gasteiger partial charge on any atom is 0.224 e. The topological polar surface area (TPSA) is 38.2 Å². The van der Waals surface area contributed by atoms with Crippen molar-refractivity contribution in [2.75, 3.05) is 18.1 Å². The second kappa shape index (κ2) is 4.09. The highest BCUT2D eigenvalue weighted by atomic mass is 35.5. The van der Waals surface area contributed by atoms with Crippen LogP contribution >= 0.6 is 11.6 Å². The number of nitrogens with zero attached hydrogens (tertiary/aromatic N) is 3. The molecular formula is C11H14ClN3O. The van der Waals surface area contributed by atoms with Gasteiger partial charge in [-0.05, 0) is 24.4 Å². The number of aromatic nitrogens is 2. The van der Waals surface area contributed by atoms with Crippen molar-refractivity contribution in [1.29, 1.82) is 0 Å². The second-order valence-electron chi connectivity index (χ2n) is 4.31. The third-order valence-electron chi connectivity index (χ3n) is 3.33. The molecule has 1 aliphatic carbocycles. The van der Waals surface area contributed by atoms with Crippen LogP contribution in [0.25, 0.3) is 0 Å².